The number of nitrogens with zero attached hydrogens (tertiary/aromatic N) is 1. The second-order valence-electron chi connectivity index (χ2n) is 5.64. The van der Waals surface area contributed by atoms with Crippen LogP contribution in [0.5, 0.6) is 5.75 Å². The molecule has 1 aromatic carbocycles. The van der Waals surface area contributed by atoms with Gasteiger partial charge in [-0.05, 0) is 31.4 Å². The molecule has 2 unspecified atom stereocenters. The number of hydrogen-bond acceptors (Lipinski definition) is 3. The fraction of sp³-hybridized carbons (Fsp3) is 0.533. The van der Waals surface area contributed by atoms with E-state index in [-0.39, 0.29) is 23.6 Å². The van der Waals surface area contributed by atoms with Crippen LogP contribution in [0, 0.1) is 0 Å². The maximum Gasteiger partial charge on any atom is 0.573 e. The van der Waals surface area contributed by atoms with Crippen molar-refractivity contribution in [3.8, 4) is 5.75 Å². The summed E-state index contributed by atoms with van der Waals surface area (Å²) in [6.45, 7) is 0. The van der Waals surface area contributed by atoms with Gasteiger partial charge < -0.3 is 9.64 Å². The average molecular weight is 299 g/mol. The number of ketones is 1. The van der Waals surface area contributed by atoms with Crippen LogP contribution in [0.2, 0.25) is 0 Å². The minimum absolute atomic E-state index is 0.103. The Labute approximate surface area is 120 Å². The fourth-order valence-electron chi connectivity index (χ4n) is 3.44. The summed E-state index contributed by atoms with van der Waals surface area (Å²) < 4.78 is 40.9. The van der Waals surface area contributed by atoms with Crippen LogP contribution in [0.3, 0.4) is 0 Å². The van der Waals surface area contributed by atoms with E-state index in [1.165, 1.54) is 12.1 Å². The van der Waals surface area contributed by atoms with Crippen LogP contribution >= 0.6 is 0 Å². The number of alkyl halides is 3. The fourth-order valence-corrected chi connectivity index (χ4v) is 3.44. The molecule has 0 radical (unpaired) electrons. The first-order chi connectivity index (χ1) is 9.92. The van der Waals surface area contributed by atoms with E-state index in [2.05, 4.69) is 9.64 Å². The molecule has 2 aliphatic rings. The zero-order chi connectivity index (χ0) is 15.0. The van der Waals surface area contributed by atoms with Crippen molar-refractivity contribution >= 4 is 11.5 Å². The Morgan fingerprint density at radius 3 is 2.43 bits per heavy atom. The Kier molecular flexibility index (Phi) is 3.55. The Balaban J connectivity index is 1.86. The molecule has 2 heterocycles. The number of carbonyl (C=O) groups excluding carboxylic acids is 1. The first-order valence-electron chi connectivity index (χ1n) is 7.08. The molecule has 0 saturated carbocycles. The maximum atomic E-state index is 12.3. The highest BCUT2D eigenvalue weighted by molar-refractivity contribution is 5.82. The lowest BCUT2D eigenvalue weighted by Crippen LogP contribution is -2.52. The second kappa shape index (κ2) is 5.24. The summed E-state index contributed by atoms with van der Waals surface area (Å²) in [7, 11) is 0. The van der Waals surface area contributed by atoms with Gasteiger partial charge in [0.2, 0.25) is 0 Å². The van der Waals surface area contributed by atoms with Crippen LogP contribution in [0.15, 0.2) is 24.3 Å². The summed E-state index contributed by atoms with van der Waals surface area (Å²) in [5.74, 6) is 0.0404. The van der Waals surface area contributed by atoms with Crippen molar-refractivity contribution in [2.24, 2.45) is 0 Å². The van der Waals surface area contributed by atoms with E-state index in [1.807, 2.05) is 0 Å². The number of hydrogen-bond donors (Lipinski definition) is 0. The Morgan fingerprint density at radius 2 is 1.81 bits per heavy atom. The Bertz CT molecular complexity index is 528. The lowest BCUT2D eigenvalue weighted by atomic mass is 9.83. The van der Waals surface area contributed by atoms with E-state index >= 15 is 0 Å². The van der Waals surface area contributed by atoms with Gasteiger partial charge in [0, 0.05) is 36.7 Å². The number of benzene rings is 1. The predicted molar refractivity (Wildman–Crippen MR) is 71.3 cm³/mol. The average Bonchev–Trinajstić information content (AvgIpc) is 2.35. The van der Waals surface area contributed by atoms with Gasteiger partial charge in [0.05, 0.1) is 0 Å². The molecule has 114 valence electrons. The molecule has 2 atom stereocenters. The van der Waals surface area contributed by atoms with Crippen molar-refractivity contribution < 1.29 is 22.7 Å². The Hall–Kier alpha value is -1.72. The summed E-state index contributed by atoms with van der Waals surface area (Å²) in [5.41, 5.74) is 0.707. The van der Waals surface area contributed by atoms with Crippen LogP contribution in [0.25, 0.3) is 0 Å². The lowest BCUT2D eigenvalue weighted by molar-refractivity contribution is -0.274. The molecule has 2 aliphatic heterocycles. The predicted octanol–water partition coefficient (Wildman–Crippen LogP) is 3.68. The molecular formula is C15H16F3NO2. The summed E-state index contributed by atoms with van der Waals surface area (Å²) >= 11 is 0. The van der Waals surface area contributed by atoms with Crippen LogP contribution in [-0.2, 0) is 4.79 Å². The second-order valence-corrected chi connectivity index (χ2v) is 5.64. The number of rotatable bonds is 2. The van der Waals surface area contributed by atoms with Crippen molar-refractivity contribution in [3.63, 3.8) is 0 Å². The maximum absolute atomic E-state index is 12.3. The Morgan fingerprint density at radius 1 is 1.14 bits per heavy atom. The van der Waals surface area contributed by atoms with E-state index < -0.39 is 6.36 Å². The van der Waals surface area contributed by atoms with Crippen LogP contribution < -0.4 is 9.64 Å². The normalized spacial score (nSPS) is 25.9. The largest absolute Gasteiger partial charge is 0.573 e. The van der Waals surface area contributed by atoms with Crippen LogP contribution in [0.1, 0.15) is 32.1 Å². The number of halogens is 3. The van der Waals surface area contributed by atoms with Gasteiger partial charge in [0.25, 0.3) is 0 Å². The van der Waals surface area contributed by atoms with Crippen molar-refractivity contribution in [2.75, 3.05) is 4.90 Å². The molecule has 6 heteroatoms. The molecule has 3 rings (SSSR count). The zero-order valence-corrected chi connectivity index (χ0v) is 11.4. The van der Waals surface area contributed by atoms with Gasteiger partial charge in [-0.1, -0.05) is 6.07 Å². The van der Waals surface area contributed by atoms with Gasteiger partial charge in [-0.15, -0.1) is 13.2 Å². The van der Waals surface area contributed by atoms with E-state index in [0.717, 1.165) is 19.3 Å². The summed E-state index contributed by atoms with van der Waals surface area (Å²) in [4.78, 5) is 13.8. The smallest absolute Gasteiger partial charge is 0.406 e. The number of fused-ring (bicyclic) bond motifs is 2. The molecule has 0 aromatic heterocycles. The number of carbonyl (C=O) groups is 1. The van der Waals surface area contributed by atoms with Crippen molar-refractivity contribution in [3.05, 3.63) is 24.3 Å². The number of piperidine rings is 2. The highest BCUT2D eigenvalue weighted by Crippen LogP contribution is 2.38. The lowest BCUT2D eigenvalue weighted by Gasteiger charge is -2.47. The molecule has 1 aromatic rings. The van der Waals surface area contributed by atoms with Gasteiger partial charge >= 0.3 is 6.36 Å². The van der Waals surface area contributed by atoms with E-state index in [1.54, 1.807) is 12.1 Å². The summed E-state index contributed by atoms with van der Waals surface area (Å²) in [6.07, 6.45) is -0.828. The number of anilines is 1. The molecule has 0 aliphatic carbocycles. The molecule has 2 fully saturated rings. The highest BCUT2D eigenvalue weighted by Gasteiger charge is 2.38. The third kappa shape index (κ3) is 3.14. The van der Waals surface area contributed by atoms with Crippen molar-refractivity contribution in [1.29, 1.82) is 0 Å². The van der Waals surface area contributed by atoms with Gasteiger partial charge in [-0.2, -0.15) is 0 Å². The van der Waals surface area contributed by atoms with E-state index in [0.29, 0.717) is 18.5 Å². The molecule has 0 amide bonds. The van der Waals surface area contributed by atoms with Gasteiger partial charge in [0.15, 0.2) is 0 Å². The molecule has 21 heavy (non-hydrogen) atoms. The standard InChI is InChI=1S/C15H16F3NO2/c16-15(17,18)21-14-6-2-5-12(9-14)19-10-3-1-4-11(19)8-13(20)7-10/h2,5-6,9-11H,1,3-4,7-8H2. The molecule has 0 N–H and O–H groups in total. The molecule has 2 saturated heterocycles. The third-order valence-corrected chi connectivity index (χ3v) is 4.14. The first kappa shape index (κ1) is 14.2. The number of Topliss-reactive ketones (excluding diaryl/α,β-unsaturated/α-hetero) is 1. The third-order valence-electron chi connectivity index (χ3n) is 4.14. The molecule has 3 nitrogen and oxygen atoms in total. The van der Waals surface area contributed by atoms with Crippen LogP contribution in [0.4, 0.5) is 18.9 Å². The van der Waals surface area contributed by atoms with E-state index in [4.69, 9.17) is 0 Å². The minimum atomic E-state index is -4.69. The van der Waals surface area contributed by atoms with Gasteiger partial charge in [0.1, 0.15) is 11.5 Å². The van der Waals surface area contributed by atoms with Crippen molar-refractivity contribution in [1.82, 2.24) is 0 Å². The van der Waals surface area contributed by atoms with Gasteiger partial charge in [-0.3, -0.25) is 4.79 Å². The SMILES string of the molecule is O=C1CC2CCCC(C1)N2c1cccc(OC(F)(F)F)c1. The molecule has 2 bridgehead atoms. The number of ether oxygens (including phenoxy) is 1. The quantitative estimate of drug-likeness (QED) is 0.834. The van der Waals surface area contributed by atoms with Gasteiger partial charge in [-0.25, -0.2) is 0 Å². The monoisotopic (exact) mass is 299 g/mol. The zero-order valence-electron chi connectivity index (χ0n) is 11.4. The minimum Gasteiger partial charge on any atom is -0.406 e. The van der Waals surface area contributed by atoms with Crippen molar-refractivity contribution in [2.45, 2.75) is 50.6 Å². The summed E-state index contributed by atoms with van der Waals surface area (Å²) in [6, 6.07) is 6.25. The van der Waals surface area contributed by atoms with Crippen LogP contribution in [-0.4, -0.2) is 24.2 Å². The molecular weight excluding hydrogens is 283 g/mol. The van der Waals surface area contributed by atoms with E-state index in [9.17, 15) is 18.0 Å². The first-order valence-corrected chi connectivity index (χ1v) is 7.08. The summed E-state index contributed by atoms with van der Waals surface area (Å²) in [5, 5.41) is 0. The topological polar surface area (TPSA) is 29.5 Å². The highest BCUT2D eigenvalue weighted by atomic mass is 19.4. The molecule has 0 spiro atoms.